The predicted molar refractivity (Wildman–Crippen MR) is 67.7 cm³/mol. The van der Waals surface area contributed by atoms with E-state index < -0.39 is 55.6 Å². The van der Waals surface area contributed by atoms with E-state index in [1.54, 1.807) is 0 Å². The van der Waals surface area contributed by atoms with Crippen molar-refractivity contribution in [3.8, 4) is 0 Å². The summed E-state index contributed by atoms with van der Waals surface area (Å²) in [7, 11) is -4.82. The van der Waals surface area contributed by atoms with Crippen molar-refractivity contribution >= 4 is 7.82 Å². The number of H-pyrrole nitrogens is 1. The molecule has 12 heteroatoms. The third-order valence-corrected chi connectivity index (χ3v) is 4.48. The average Bonchev–Trinajstić information content (AvgIpc) is 2.88. The SMILES string of the molecule is O=c1ccn([C@@H]2O[C@@H]3C(OP(=O)(O)O)[C@]3(CO)[C@H]2O)c(=O)[nH]1. The molecule has 11 nitrogen and oxygen atoms in total. The number of hydrogen-bond acceptors (Lipinski definition) is 7. The smallest absolute Gasteiger partial charge is 0.395 e. The summed E-state index contributed by atoms with van der Waals surface area (Å²) in [6.07, 6.45) is -3.73. The molecule has 0 amide bonds. The van der Waals surface area contributed by atoms with E-state index in [9.17, 15) is 24.4 Å². The van der Waals surface area contributed by atoms with Gasteiger partial charge in [0.2, 0.25) is 0 Å². The Morgan fingerprint density at radius 2 is 2.14 bits per heavy atom. The lowest BCUT2D eigenvalue weighted by Gasteiger charge is -2.25. The van der Waals surface area contributed by atoms with Crippen LogP contribution >= 0.6 is 7.82 Å². The quantitative estimate of drug-likeness (QED) is 0.366. The molecule has 0 aromatic carbocycles. The molecule has 3 rings (SSSR count). The van der Waals surface area contributed by atoms with Crippen LogP contribution in [0.15, 0.2) is 21.9 Å². The molecule has 2 aliphatic rings. The van der Waals surface area contributed by atoms with Crippen LogP contribution in [0.1, 0.15) is 6.23 Å². The lowest BCUT2D eigenvalue weighted by molar-refractivity contribution is -0.0840. The van der Waals surface area contributed by atoms with Gasteiger partial charge in [-0.3, -0.25) is 18.9 Å². The molecule has 1 unspecified atom stereocenters. The first-order valence-electron chi connectivity index (χ1n) is 6.20. The second-order valence-corrected chi connectivity index (χ2v) is 6.39. The first-order chi connectivity index (χ1) is 10.2. The summed E-state index contributed by atoms with van der Waals surface area (Å²) in [6.45, 7) is -0.655. The summed E-state index contributed by atoms with van der Waals surface area (Å²) in [6, 6.07) is 1.05. The highest BCUT2D eigenvalue weighted by Gasteiger charge is 2.78. The van der Waals surface area contributed by atoms with Crippen molar-refractivity contribution < 1.29 is 33.8 Å². The minimum absolute atomic E-state index is 0.626. The topological polar surface area (TPSA) is 171 Å². The Balaban J connectivity index is 1.88. The molecule has 5 N–H and O–H groups in total. The third-order valence-electron chi connectivity index (χ3n) is 3.98. The first kappa shape index (κ1) is 15.6. The summed E-state index contributed by atoms with van der Waals surface area (Å²) < 4.78 is 21.7. The highest BCUT2D eigenvalue weighted by atomic mass is 31.2. The summed E-state index contributed by atoms with van der Waals surface area (Å²) in [5.74, 6) is 0. The van der Waals surface area contributed by atoms with Crippen molar-refractivity contribution in [3.05, 3.63) is 33.1 Å². The van der Waals surface area contributed by atoms with E-state index in [0.717, 1.165) is 16.8 Å². The van der Waals surface area contributed by atoms with E-state index in [-0.39, 0.29) is 0 Å². The molecule has 1 aliphatic heterocycles. The Labute approximate surface area is 122 Å². The van der Waals surface area contributed by atoms with Gasteiger partial charge < -0.3 is 24.7 Å². The van der Waals surface area contributed by atoms with Gasteiger partial charge in [0, 0.05) is 12.3 Å². The zero-order valence-corrected chi connectivity index (χ0v) is 11.8. The summed E-state index contributed by atoms with van der Waals surface area (Å²) in [5, 5.41) is 19.8. The standard InChI is InChI=1S/C10H13N2O9P/c13-3-10-5(15)8(12-2-1-4(14)11-9(12)16)20-6(10)7(10)21-22(17,18)19/h1-2,5-8,13,15H,3H2,(H,11,14,16)(H2,17,18,19)/t5-,6+,7?,8+,10+/m0/s1. The number of aromatic nitrogens is 2. The number of nitrogens with zero attached hydrogens (tertiary/aromatic N) is 1. The Bertz CT molecular complexity index is 753. The maximum atomic E-state index is 11.7. The zero-order valence-electron chi connectivity index (χ0n) is 10.9. The highest BCUT2D eigenvalue weighted by Crippen LogP contribution is 2.65. The maximum Gasteiger partial charge on any atom is 0.469 e. The monoisotopic (exact) mass is 336 g/mol. The Morgan fingerprint density at radius 3 is 2.64 bits per heavy atom. The van der Waals surface area contributed by atoms with Gasteiger partial charge in [0.1, 0.15) is 18.3 Å². The van der Waals surface area contributed by atoms with Crippen molar-refractivity contribution in [2.45, 2.75) is 24.5 Å². The molecule has 22 heavy (non-hydrogen) atoms. The van der Waals surface area contributed by atoms with Gasteiger partial charge in [0.15, 0.2) is 6.23 Å². The van der Waals surface area contributed by atoms with E-state index in [1.807, 2.05) is 4.98 Å². The lowest BCUT2D eigenvalue weighted by Crippen LogP contribution is -2.40. The average molecular weight is 336 g/mol. The Kier molecular flexibility index (Phi) is 3.42. The van der Waals surface area contributed by atoms with Gasteiger partial charge in [-0.05, 0) is 0 Å². The molecule has 2 heterocycles. The van der Waals surface area contributed by atoms with Crippen molar-refractivity contribution in [3.63, 3.8) is 0 Å². The summed E-state index contributed by atoms with van der Waals surface area (Å²) >= 11 is 0. The van der Waals surface area contributed by atoms with Gasteiger partial charge in [-0.25, -0.2) is 9.36 Å². The van der Waals surface area contributed by atoms with Crippen LogP contribution in [0.2, 0.25) is 0 Å². The van der Waals surface area contributed by atoms with Crippen LogP contribution in [-0.4, -0.2) is 54.5 Å². The van der Waals surface area contributed by atoms with Crippen molar-refractivity contribution in [1.29, 1.82) is 0 Å². The van der Waals surface area contributed by atoms with Gasteiger partial charge in [0.05, 0.1) is 12.0 Å². The predicted octanol–water partition coefficient (Wildman–Crippen LogP) is -2.73. The molecular weight excluding hydrogens is 323 g/mol. The molecule has 0 bridgehead atoms. The Hall–Kier alpha value is -1.33. The van der Waals surface area contributed by atoms with Crippen LogP contribution in [0, 0.1) is 5.41 Å². The molecule has 0 radical (unpaired) electrons. The summed E-state index contributed by atoms with van der Waals surface area (Å²) in [4.78, 5) is 42.3. The maximum absolute atomic E-state index is 11.7. The fraction of sp³-hybridized carbons (Fsp3) is 0.600. The van der Waals surface area contributed by atoms with Crippen molar-refractivity contribution in [2.75, 3.05) is 6.61 Å². The number of ether oxygens (including phenoxy) is 1. The molecule has 1 saturated carbocycles. The fourth-order valence-electron chi connectivity index (χ4n) is 2.83. The molecule has 1 aromatic rings. The minimum Gasteiger partial charge on any atom is -0.395 e. The normalized spacial score (nSPS) is 37.1. The molecule has 1 aliphatic carbocycles. The number of fused-ring (bicyclic) bond motifs is 1. The van der Waals surface area contributed by atoms with Crippen LogP contribution in [0.4, 0.5) is 0 Å². The van der Waals surface area contributed by atoms with Gasteiger partial charge >= 0.3 is 13.5 Å². The van der Waals surface area contributed by atoms with Crippen molar-refractivity contribution in [2.24, 2.45) is 5.41 Å². The van der Waals surface area contributed by atoms with Crippen LogP contribution in [0.5, 0.6) is 0 Å². The molecule has 1 aromatic heterocycles. The Morgan fingerprint density at radius 1 is 1.45 bits per heavy atom. The number of aromatic amines is 1. The molecule has 5 atom stereocenters. The molecule has 122 valence electrons. The number of aliphatic hydroxyl groups excluding tert-OH is 2. The summed E-state index contributed by atoms with van der Waals surface area (Å²) in [5.41, 5.74) is -2.88. The molecule has 2 fully saturated rings. The van der Waals surface area contributed by atoms with Gasteiger partial charge in [-0.2, -0.15) is 0 Å². The highest BCUT2D eigenvalue weighted by molar-refractivity contribution is 7.46. The minimum atomic E-state index is -4.82. The number of phosphoric ester groups is 1. The van der Waals surface area contributed by atoms with E-state index in [2.05, 4.69) is 4.52 Å². The fourth-order valence-corrected chi connectivity index (χ4v) is 3.44. The van der Waals surface area contributed by atoms with Gasteiger partial charge in [-0.15, -0.1) is 0 Å². The van der Waals surface area contributed by atoms with E-state index >= 15 is 0 Å². The number of phosphoric acid groups is 1. The number of aliphatic hydroxyl groups is 2. The van der Waals surface area contributed by atoms with E-state index in [0.29, 0.717) is 0 Å². The first-order valence-corrected chi connectivity index (χ1v) is 7.73. The number of hydrogen-bond donors (Lipinski definition) is 5. The number of nitrogens with one attached hydrogen (secondary N) is 1. The van der Waals surface area contributed by atoms with Gasteiger partial charge in [0.25, 0.3) is 5.56 Å². The van der Waals surface area contributed by atoms with Crippen LogP contribution in [-0.2, 0) is 13.8 Å². The van der Waals surface area contributed by atoms with E-state index in [1.165, 1.54) is 0 Å². The zero-order chi connectivity index (χ0) is 16.3. The van der Waals surface area contributed by atoms with Crippen molar-refractivity contribution in [1.82, 2.24) is 9.55 Å². The molecule has 1 saturated heterocycles. The van der Waals surface area contributed by atoms with Gasteiger partial charge in [-0.1, -0.05) is 0 Å². The number of rotatable bonds is 4. The molecular formula is C10H13N2O9P. The molecule has 0 spiro atoms. The van der Waals surface area contributed by atoms with Crippen LogP contribution < -0.4 is 11.2 Å². The second-order valence-electron chi connectivity index (χ2n) is 5.20. The van der Waals surface area contributed by atoms with E-state index in [4.69, 9.17) is 14.5 Å². The largest absolute Gasteiger partial charge is 0.469 e. The second kappa shape index (κ2) is 4.83. The lowest BCUT2D eigenvalue weighted by atomic mass is 9.99. The van der Waals surface area contributed by atoms with Crippen LogP contribution in [0.3, 0.4) is 0 Å². The van der Waals surface area contributed by atoms with Crippen LogP contribution in [0.25, 0.3) is 0 Å². The third kappa shape index (κ3) is 2.18.